The molecule has 6 nitrogen and oxygen atoms in total. The lowest BCUT2D eigenvalue weighted by atomic mass is 10.1. The highest BCUT2D eigenvalue weighted by Gasteiger charge is 2.26. The first-order valence-corrected chi connectivity index (χ1v) is 7.71. The number of nitrogens with one attached hydrogen (secondary N) is 1. The first-order chi connectivity index (χ1) is 11.6. The standard InChI is InChI=1S/C16H18F2N4O2/c17-15(18)14-13(9-19-22(14)11-5-2-1-3-6-11)20-16(24)21-8-4-7-12(23)10-21/h1-3,5-6,9,12,15,23H,4,7-8,10H2,(H,20,24)/t12-/m1/s1. The monoisotopic (exact) mass is 336 g/mol. The highest BCUT2D eigenvalue weighted by Crippen LogP contribution is 2.29. The maximum atomic E-state index is 13.5. The zero-order valence-electron chi connectivity index (χ0n) is 12.9. The van der Waals surface area contributed by atoms with E-state index in [1.807, 2.05) is 0 Å². The van der Waals surface area contributed by atoms with Gasteiger partial charge in [-0.2, -0.15) is 5.10 Å². The van der Waals surface area contributed by atoms with Crippen molar-refractivity contribution in [2.24, 2.45) is 0 Å². The molecule has 3 rings (SSSR count). The molecule has 1 fully saturated rings. The number of hydrogen-bond donors (Lipinski definition) is 2. The number of piperidine rings is 1. The second kappa shape index (κ2) is 6.96. The zero-order chi connectivity index (χ0) is 17.1. The lowest BCUT2D eigenvalue weighted by Gasteiger charge is -2.30. The Bertz CT molecular complexity index is 705. The Morgan fingerprint density at radius 1 is 1.33 bits per heavy atom. The minimum atomic E-state index is -2.80. The highest BCUT2D eigenvalue weighted by atomic mass is 19.3. The highest BCUT2D eigenvalue weighted by molar-refractivity contribution is 5.90. The number of urea groups is 1. The fraction of sp³-hybridized carbons (Fsp3) is 0.375. The normalized spacial score (nSPS) is 18.0. The van der Waals surface area contributed by atoms with Crippen LogP contribution in [0.1, 0.15) is 25.0 Å². The van der Waals surface area contributed by atoms with Crippen molar-refractivity contribution in [1.82, 2.24) is 14.7 Å². The van der Waals surface area contributed by atoms with Gasteiger partial charge in [0, 0.05) is 13.1 Å². The van der Waals surface area contributed by atoms with Gasteiger partial charge in [0.15, 0.2) is 0 Å². The Hall–Kier alpha value is -2.48. The number of amides is 2. The van der Waals surface area contributed by atoms with E-state index in [0.717, 1.165) is 4.68 Å². The van der Waals surface area contributed by atoms with Crippen molar-refractivity contribution in [1.29, 1.82) is 0 Å². The molecule has 8 heteroatoms. The summed E-state index contributed by atoms with van der Waals surface area (Å²) in [6, 6.07) is 8.03. The number of aliphatic hydroxyl groups is 1. The molecule has 0 unspecified atom stereocenters. The Morgan fingerprint density at radius 3 is 2.75 bits per heavy atom. The molecule has 0 radical (unpaired) electrons. The Morgan fingerprint density at radius 2 is 2.08 bits per heavy atom. The van der Waals surface area contributed by atoms with Crippen LogP contribution in [0.4, 0.5) is 19.3 Å². The maximum Gasteiger partial charge on any atom is 0.322 e. The van der Waals surface area contributed by atoms with Gasteiger partial charge >= 0.3 is 6.03 Å². The Balaban J connectivity index is 1.83. The van der Waals surface area contributed by atoms with E-state index in [1.165, 1.54) is 11.1 Å². The molecule has 1 aromatic carbocycles. The second-order valence-corrected chi connectivity index (χ2v) is 5.66. The molecule has 0 spiro atoms. The van der Waals surface area contributed by atoms with Gasteiger partial charge in [0.25, 0.3) is 6.43 Å². The number of β-amino-alcohol motifs (C(OH)–C–C–N with tert-alkyl or cyclic N) is 1. The largest absolute Gasteiger partial charge is 0.391 e. The minimum Gasteiger partial charge on any atom is -0.391 e. The van der Waals surface area contributed by atoms with Gasteiger partial charge in [-0.05, 0) is 25.0 Å². The molecule has 2 amide bonds. The summed E-state index contributed by atoms with van der Waals surface area (Å²) in [4.78, 5) is 13.7. The third-order valence-corrected chi connectivity index (χ3v) is 3.94. The number of benzene rings is 1. The third kappa shape index (κ3) is 3.38. The van der Waals surface area contributed by atoms with E-state index in [0.29, 0.717) is 25.1 Å². The molecule has 2 N–H and O–H groups in total. The van der Waals surface area contributed by atoms with E-state index >= 15 is 0 Å². The van der Waals surface area contributed by atoms with Crippen molar-refractivity contribution in [3.63, 3.8) is 0 Å². The summed E-state index contributed by atoms with van der Waals surface area (Å²) in [6.45, 7) is 0.683. The fourth-order valence-corrected chi connectivity index (χ4v) is 2.77. The van der Waals surface area contributed by atoms with Crippen molar-refractivity contribution >= 4 is 11.7 Å². The molecule has 0 saturated carbocycles. The van der Waals surface area contributed by atoms with Crippen LogP contribution in [0.3, 0.4) is 0 Å². The average molecular weight is 336 g/mol. The van der Waals surface area contributed by atoms with E-state index in [9.17, 15) is 18.7 Å². The number of aliphatic hydroxyl groups excluding tert-OH is 1. The van der Waals surface area contributed by atoms with Crippen LogP contribution in [-0.4, -0.2) is 45.0 Å². The van der Waals surface area contributed by atoms with Crippen molar-refractivity contribution in [3.05, 3.63) is 42.2 Å². The Kier molecular flexibility index (Phi) is 4.75. The molecule has 24 heavy (non-hydrogen) atoms. The first-order valence-electron chi connectivity index (χ1n) is 7.71. The molecule has 1 aromatic heterocycles. The van der Waals surface area contributed by atoms with Crippen LogP contribution in [0, 0.1) is 0 Å². The number of para-hydroxylation sites is 1. The molecule has 0 aliphatic carbocycles. The van der Waals surface area contributed by atoms with Crippen LogP contribution in [0.5, 0.6) is 0 Å². The number of alkyl halides is 2. The summed E-state index contributed by atoms with van der Waals surface area (Å²) in [5, 5.41) is 16.1. The van der Waals surface area contributed by atoms with Crippen molar-refractivity contribution in [2.75, 3.05) is 18.4 Å². The summed E-state index contributed by atoms with van der Waals surface area (Å²) in [7, 11) is 0. The summed E-state index contributed by atoms with van der Waals surface area (Å²) in [6.07, 6.45) is -0.842. The molecule has 0 bridgehead atoms. The fourth-order valence-electron chi connectivity index (χ4n) is 2.77. The molecule has 1 aliphatic rings. The molecule has 1 aliphatic heterocycles. The summed E-state index contributed by atoms with van der Waals surface area (Å²) in [5.74, 6) is 0. The number of nitrogens with zero attached hydrogens (tertiary/aromatic N) is 3. The Labute approximate surface area is 137 Å². The zero-order valence-corrected chi connectivity index (χ0v) is 12.9. The minimum absolute atomic E-state index is 0.0288. The number of carbonyl (C=O) groups excluding carboxylic acids is 1. The van der Waals surface area contributed by atoms with E-state index in [2.05, 4.69) is 10.4 Å². The van der Waals surface area contributed by atoms with Gasteiger partial charge in [0.05, 0.1) is 23.7 Å². The van der Waals surface area contributed by atoms with Gasteiger partial charge in [-0.1, -0.05) is 18.2 Å². The number of hydrogen-bond acceptors (Lipinski definition) is 3. The van der Waals surface area contributed by atoms with E-state index in [4.69, 9.17) is 0 Å². The van der Waals surface area contributed by atoms with Crippen LogP contribution >= 0.6 is 0 Å². The first kappa shape index (κ1) is 16.4. The van der Waals surface area contributed by atoms with Gasteiger partial charge in [0.1, 0.15) is 5.69 Å². The SMILES string of the molecule is O=C(Nc1cnn(-c2ccccc2)c1C(F)F)N1CCC[C@@H](O)C1. The van der Waals surface area contributed by atoms with Gasteiger partial charge in [-0.15, -0.1) is 0 Å². The second-order valence-electron chi connectivity index (χ2n) is 5.66. The van der Waals surface area contributed by atoms with Crippen molar-refractivity contribution in [3.8, 4) is 5.69 Å². The maximum absolute atomic E-state index is 13.5. The molecule has 2 heterocycles. The van der Waals surface area contributed by atoms with Gasteiger partial charge in [-0.3, -0.25) is 0 Å². The number of aromatic nitrogens is 2. The van der Waals surface area contributed by atoms with Crippen LogP contribution < -0.4 is 5.32 Å². The third-order valence-electron chi connectivity index (χ3n) is 3.94. The molecule has 1 saturated heterocycles. The number of halogens is 2. The lowest BCUT2D eigenvalue weighted by Crippen LogP contribution is -2.44. The summed E-state index contributed by atoms with van der Waals surface area (Å²) in [5.41, 5.74) is 0.0905. The number of carbonyl (C=O) groups is 1. The van der Waals surface area contributed by atoms with E-state index < -0.39 is 18.6 Å². The van der Waals surface area contributed by atoms with Crippen LogP contribution in [-0.2, 0) is 0 Å². The smallest absolute Gasteiger partial charge is 0.322 e. The van der Waals surface area contributed by atoms with Crippen LogP contribution in [0.2, 0.25) is 0 Å². The van der Waals surface area contributed by atoms with Crippen molar-refractivity contribution < 1.29 is 18.7 Å². The van der Waals surface area contributed by atoms with E-state index in [-0.39, 0.29) is 17.9 Å². The van der Waals surface area contributed by atoms with Gasteiger partial charge in [0.2, 0.25) is 0 Å². The summed E-state index contributed by atoms with van der Waals surface area (Å²) >= 11 is 0. The molecule has 128 valence electrons. The lowest BCUT2D eigenvalue weighted by molar-refractivity contribution is 0.0882. The molecular formula is C16H18F2N4O2. The van der Waals surface area contributed by atoms with Gasteiger partial charge < -0.3 is 15.3 Å². The quantitative estimate of drug-likeness (QED) is 0.905. The average Bonchev–Trinajstić information content (AvgIpc) is 2.99. The van der Waals surface area contributed by atoms with Crippen LogP contribution in [0.15, 0.2) is 36.5 Å². The topological polar surface area (TPSA) is 70.4 Å². The van der Waals surface area contributed by atoms with Crippen molar-refractivity contribution in [2.45, 2.75) is 25.4 Å². The molecule has 2 aromatic rings. The van der Waals surface area contributed by atoms with E-state index in [1.54, 1.807) is 30.3 Å². The number of rotatable bonds is 3. The summed E-state index contributed by atoms with van der Waals surface area (Å²) < 4.78 is 28.1. The number of likely N-dealkylation sites (tertiary alicyclic amines) is 1. The van der Waals surface area contributed by atoms with Crippen LogP contribution in [0.25, 0.3) is 5.69 Å². The predicted octanol–water partition coefficient (Wildman–Crippen LogP) is 2.80. The molecule has 1 atom stereocenters. The predicted molar refractivity (Wildman–Crippen MR) is 84.4 cm³/mol. The van der Waals surface area contributed by atoms with Gasteiger partial charge in [-0.25, -0.2) is 18.3 Å². The number of anilines is 1. The molecular weight excluding hydrogens is 318 g/mol.